The smallest absolute Gasteiger partial charge is 0.191 e. The van der Waals surface area contributed by atoms with Crippen LogP contribution in [0.2, 0.25) is 0 Å². The summed E-state index contributed by atoms with van der Waals surface area (Å²) in [5, 5.41) is 10.2. The Morgan fingerprint density at radius 1 is 1.39 bits per heavy atom. The average Bonchev–Trinajstić information content (AvgIpc) is 2.93. The molecule has 0 saturated heterocycles. The molecule has 1 heterocycles. The number of sulfone groups is 1. The molecule has 0 spiro atoms. The number of hydrogen-bond acceptors (Lipinski definition) is 6. The van der Waals surface area contributed by atoms with E-state index < -0.39 is 9.84 Å². The first-order valence-electron chi connectivity index (χ1n) is 7.47. The van der Waals surface area contributed by atoms with Gasteiger partial charge in [-0.25, -0.2) is 8.42 Å². The minimum absolute atomic E-state index is 0.0314. The van der Waals surface area contributed by atoms with Gasteiger partial charge in [-0.2, -0.15) is 0 Å². The molecule has 0 aliphatic heterocycles. The molecule has 1 rings (SSSR count). The summed E-state index contributed by atoms with van der Waals surface area (Å²) in [4.78, 5) is 4.08. The van der Waals surface area contributed by atoms with Crippen LogP contribution in [0.1, 0.15) is 31.2 Å². The maximum absolute atomic E-state index is 10.9. The summed E-state index contributed by atoms with van der Waals surface area (Å²) in [7, 11) is -1.31. The van der Waals surface area contributed by atoms with Crippen molar-refractivity contribution < 1.29 is 17.7 Å². The fourth-order valence-electron chi connectivity index (χ4n) is 1.63. The van der Waals surface area contributed by atoms with Crippen LogP contribution >= 0.6 is 0 Å². The van der Waals surface area contributed by atoms with Crippen molar-refractivity contribution in [3.63, 3.8) is 0 Å². The Labute approximate surface area is 137 Å². The van der Waals surface area contributed by atoms with Gasteiger partial charge in [-0.3, -0.25) is 4.99 Å². The highest BCUT2D eigenvalue weighted by molar-refractivity contribution is 7.90. The lowest BCUT2D eigenvalue weighted by atomic mass is 10.1. The Hall–Kier alpha value is -1.61. The number of ether oxygens (including phenoxy) is 1. The highest BCUT2D eigenvalue weighted by Gasteiger charge is 2.08. The highest BCUT2D eigenvalue weighted by Crippen LogP contribution is 2.13. The molecule has 23 heavy (non-hydrogen) atoms. The normalized spacial score (nSPS) is 12.7. The third-order valence-electron chi connectivity index (χ3n) is 2.96. The van der Waals surface area contributed by atoms with Gasteiger partial charge in [0.2, 0.25) is 0 Å². The zero-order valence-corrected chi connectivity index (χ0v) is 14.9. The topological polar surface area (TPSA) is 106 Å². The summed E-state index contributed by atoms with van der Waals surface area (Å²) >= 11 is 0. The molecule has 1 aromatic rings. The van der Waals surface area contributed by atoms with E-state index in [1.807, 2.05) is 6.07 Å². The predicted molar refractivity (Wildman–Crippen MR) is 89.3 cm³/mol. The van der Waals surface area contributed by atoms with E-state index in [4.69, 9.17) is 9.26 Å². The molecule has 0 aromatic carbocycles. The summed E-state index contributed by atoms with van der Waals surface area (Å²) in [6.45, 7) is 5.71. The van der Waals surface area contributed by atoms with Crippen LogP contribution in [0, 0.1) is 0 Å². The lowest BCUT2D eigenvalue weighted by molar-refractivity contribution is 0.154. The molecule has 9 heteroatoms. The fraction of sp³-hybridized carbons (Fsp3) is 0.714. The first-order chi connectivity index (χ1) is 10.8. The lowest BCUT2D eigenvalue weighted by Gasteiger charge is -2.10. The van der Waals surface area contributed by atoms with Gasteiger partial charge in [-0.1, -0.05) is 19.0 Å². The van der Waals surface area contributed by atoms with Gasteiger partial charge < -0.3 is 19.9 Å². The predicted octanol–water partition coefficient (Wildman–Crippen LogP) is 0.524. The minimum atomic E-state index is -2.97. The van der Waals surface area contributed by atoms with Crippen LogP contribution in [0.5, 0.6) is 0 Å². The van der Waals surface area contributed by atoms with Crippen molar-refractivity contribution in [2.45, 2.75) is 26.3 Å². The van der Waals surface area contributed by atoms with Gasteiger partial charge >= 0.3 is 0 Å². The number of nitrogens with zero attached hydrogens (tertiary/aromatic N) is 2. The monoisotopic (exact) mass is 346 g/mol. The summed E-state index contributed by atoms with van der Waals surface area (Å²) in [5.41, 5.74) is 0.920. The molecule has 0 aliphatic rings. The van der Waals surface area contributed by atoms with Crippen LogP contribution in [0.3, 0.4) is 0 Å². The zero-order valence-electron chi connectivity index (χ0n) is 14.1. The van der Waals surface area contributed by atoms with Gasteiger partial charge in [0.15, 0.2) is 11.7 Å². The molecular formula is C14H26N4O4S. The first-order valence-corrected chi connectivity index (χ1v) is 9.53. The van der Waals surface area contributed by atoms with Crippen LogP contribution in [-0.4, -0.2) is 58.3 Å². The van der Waals surface area contributed by atoms with E-state index in [0.29, 0.717) is 31.6 Å². The van der Waals surface area contributed by atoms with Crippen molar-refractivity contribution in [1.82, 2.24) is 15.8 Å². The average molecular weight is 346 g/mol. The number of aromatic nitrogens is 1. The van der Waals surface area contributed by atoms with Gasteiger partial charge in [0.25, 0.3) is 0 Å². The van der Waals surface area contributed by atoms with E-state index in [-0.39, 0.29) is 12.4 Å². The van der Waals surface area contributed by atoms with Gasteiger partial charge in [0.05, 0.1) is 31.2 Å². The molecule has 0 saturated carbocycles. The van der Waals surface area contributed by atoms with E-state index in [9.17, 15) is 8.42 Å². The molecule has 8 nitrogen and oxygen atoms in total. The van der Waals surface area contributed by atoms with Crippen molar-refractivity contribution >= 4 is 15.8 Å². The molecule has 2 N–H and O–H groups in total. The van der Waals surface area contributed by atoms with Crippen LogP contribution in [0.4, 0.5) is 0 Å². The van der Waals surface area contributed by atoms with Gasteiger partial charge in [0.1, 0.15) is 9.84 Å². The number of hydrogen-bond donors (Lipinski definition) is 2. The number of guanidine groups is 1. The summed E-state index contributed by atoms with van der Waals surface area (Å²) in [6, 6.07) is 1.92. The molecule has 0 atom stereocenters. The molecule has 0 aliphatic carbocycles. The van der Waals surface area contributed by atoms with Crippen molar-refractivity contribution in [3.05, 3.63) is 17.5 Å². The number of nitrogens with one attached hydrogen (secondary N) is 2. The third kappa shape index (κ3) is 8.56. The Bertz CT molecular complexity index is 596. The maximum Gasteiger partial charge on any atom is 0.191 e. The van der Waals surface area contributed by atoms with E-state index in [2.05, 4.69) is 34.6 Å². The van der Waals surface area contributed by atoms with E-state index in [1.54, 1.807) is 7.05 Å². The molecule has 0 bridgehead atoms. The summed E-state index contributed by atoms with van der Waals surface area (Å²) in [5.74, 6) is 1.71. The van der Waals surface area contributed by atoms with Gasteiger partial charge in [-0.15, -0.1) is 0 Å². The van der Waals surface area contributed by atoms with Crippen molar-refractivity contribution in [2.24, 2.45) is 4.99 Å². The van der Waals surface area contributed by atoms with E-state index >= 15 is 0 Å². The highest BCUT2D eigenvalue weighted by atomic mass is 32.2. The van der Waals surface area contributed by atoms with Crippen LogP contribution < -0.4 is 10.6 Å². The third-order valence-corrected chi connectivity index (χ3v) is 3.87. The molecule has 132 valence electrons. The van der Waals surface area contributed by atoms with E-state index in [1.165, 1.54) is 6.26 Å². The second-order valence-electron chi connectivity index (χ2n) is 5.47. The zero-order chi connectivity index (χ0) is 17.3. The van der Waals surface area contributed by atoms with Crippen molar-refractivity contribution in [2.75, 3.05) is 38.8 Å². The molecule has 0 unspecified atom stereocenters. The number of rotatable bonds is 9. The Morgan fingerprint density at radius 3 is 2.70 bits per heavy atom. The second-order valence-corrected chi connectivity index (χ2v) is 7.73. The summed E-state index contributed by atoms with van der Waals surface area (Å²) < 4.78 is 32.4. The largest absolute Gasteiger partial charge is 0.379 e. The lowest BCUT2D eigenvalue weighted by Crippen LogP contribution is -2.38. The van der Waals surface area contributed by atoms with Gasteiger partial charge in [-0.05, 0) is 5.92 Å². The summed E-state index contributed by atoms with van der Waals surface area (Å²) in [6.07, 6.45) is 1.19. The van der Waals surface area contributed by atoms with Crippen molar-refractivity contribution in [1.29, 1.82) is 0 Å². The fourth-order valence-corrected chi connectivity index (χ4v) is 2.05. The van der Waals surface area contributed by atoms with Crippen molar-refractivity contribution in [3.8, 4) is 0 Å². The standard InChI is InChI=1S/C14H26N4O4S/c1-11(2)13-9-12(22-18-13)10-17-14(15-3)16-5-6-21-7-8-23(4,19)20/h9,11H,5-8,10H2,1-4H3,(H2,15,16,17). The maximum atomic E-state index is 10.9. The van der Waals surface area contributed by atoms with Crippen LogP contribution in [-0.2, 0) is 21.1 Å². The minimum Gasteiger partial charge on any atom is -0.379 e. The first kappa shape index (κ1) is 19.4. The number of aliphatic imine (C=N–C) groups is 1. The quantitative estimate of drug-likeness (QED) is 0.381. The SMILES string of the molecule is CN=C(NCCOCCS(C)(=O)=O)NCc1cc(C(C)C)no1. The molecule has 0 radical (unpaired) electrons. The van der Waals surface area contributed by atoms with Crippen LogP contribution in [0.25, 0.3) is 0 Å². The Morgan fingerprint density at radius 2 is 2.13 bits per heavy atom. The second kappa shape index (κ2) is 9.51. The molecular weight excluding hydrogens is 320 g/mol. The molecule has 0 amide bonds. The van der Waals surface area contributed by atoms with Crippen LogP contribution in [0.15, 0.2) is 15.6 Å². The molecule has 0 fully saturated rings. The molecule has 1 aromatic heterocycles. The van der Waals surface area contributed by atoms with Gasteiger partial charge in [0, 0.05) is 25.9 Å². The Kier molecular flexibility index (Phi) is 8.04. The van der Waals surface area contributed by atoms with E-state index in [0.717, 1.165) is 11.5 Å². The Balaban J connectivity index is 2.21.